The highest BCUT2D eigenvalue weighted by atomic mass is 16.5. The van der Waals surface area contributed by atoms with Gasteiger partial charge in [0.05, 0.1) is 25.6 Å². The minimum absolute atomic E-state index is 0.150. The van der Waals surface area contributed by atoms with Crippen LogP contribution in [-0.2, 0) is 11.3 Å². The highest BCUT2D eigenvalue weighted by molar-refractivity contribution is 5.99. The molecule has 2 heterocycles. The van der Waals surface area contributed by atoms with Gasteiger partial charge in [-0.3, -0.25) is 19.5 Å². The van der Waals surface area contributed by atoms with E-state index in [1.165, 1.54) is 4.90 Å². The Morgan fingerprint density at radius 3 is 2.36 bits per heavy atom. The molecule has 196 valence electrons. The molecule has 0 radical (unpaired) electrons. The smallest absolute Gasteiger partial charge is 0.254 e. The number of aromatic nitrogens is 2. The Hall–Kier alpha value is -5.11. The molecule has 5 rings (SSSR count). The predicted molar refractivity (Wildman–Crippen MR) is 149 cm³/mol. The van der Waals surface area contributed by atoms with Crippen molar-refractivity contribution in [1.29, 1.82) is 0 Å². The van der Waals surface area contributed by atoms with Crippen LogP contribution in [0.3, 0.4) is 0 Å². The topological polar surface area (TPSA) is 89.6 Å². The molecule has 8 nitrogen and oxygen atoms in total. The van der Waals surface area contributed by atoms with Crippen LogP contribution in [0.5, 0.6) is 5.75 Å². The zero-order valence-electron chi connectivity index (χ0n) is 21.7. The summed E-state index contributed by atoms with van der Waals surface area (Å²) >= 11 is 0. The van der Waals surface area contributed by atoms with E-state index in [2.05, 4.69) is 5.32 Å². The largest absolute Gasteiger partial charge is 0.497 e. The number of imidazole rings is 1. The van der Waals surface area contributed by atoms with Gasteiger partial charge in [0.1, 0.15) is 18.1 Å². The van der Waals surface area contributed by atoms with E-state index in [1.54, 1.807) is 49.8 Å². The number of rotatable bonds is 9. The van der Waals surface area contributed by atoms with E-state index >= 15 is 0 Å². The number of carbonyl (C=O) groups excluding carboxylic acids is 2. The van der Waals surface area contributed by atoms with Gasteiger partial charge >= 0.3 is 0 Å². The number of anilines is 1. The molecule has 0 saturated carbocycles. The summed E-state index contributed by atoms with van der Waals surface area (Å²) in [6, 6.07) is 27.9. The summed E-state index contributed by atoms with van der Waals surface area (Å²) in [4.78, 5) is 32.8. The third-order valence-corrected chi connectivity index (χ3v) is 6.22. The van der Waals surface area contributed by atoms with E-state index in [4.69, 9.17) is 14.1 Å². The van der Waals surface area contributed by atoms with Crippen LogP contribution in [0.1, 0.15) is 21.7 Å². The van der Waals surface area contributed by atoms with Crippen molar-refractivity contribution < 1.29 is 18.7 Å². The summed E-state index contributed by atoms with van der Waals surface area (Å²) in [5.74, 6) is 1.01. The maximum Gasteiger partial charge on any atom is 0.254 e. The van der Waals surface area contributed by atoms with Crippen molar-refractivity contribution >= 4 is 17.8 Å². The second kappa shape index (κ2) is 11.5. The SMILES string of the molecule is COc1ccc(-c2cn(-c3ccc(C)cc3)c(NC(=O)CN(Cc3ccco3)C(=O)c3ccccc3)n2)cc1. The van der Waals surface area contributed by atoms with Gasteiger partial charge in [0.2, 0.25) is 11.9 Å². The number of aryl methyl sites for hydroxylation is 1. The Kier molecular flexibility index (Phi) is 7.54. The molecular formula is C31H28N4O4. The fraction of sp³-hybridized carbons (Fsp3) is 0.129. The molecule has 0 aliphatic carbocycles. The van der Waals surface area contributed by atoms with Crippen molar-refractivity contribution in [2.45, 2.75) is 13.5 Å². The van der Waals surface area contributed by atoms with Crippen LogP contribution in [0.4, 0.5) is 5.95 Å². The molecule has 2 aromatic heterocycles. The average molecular weight is 521 g/mol. The van der Waals surface area contributed by atoms with Gasteiger partial charge < -0.3 is 14.1 Å². The minimum Gasteiger partial charge on any atom is -0.497 e. The number of hydrogen-bond acceptors (Lipinski definition) is 5. The molecule has 0 fully saturated rings. The molecular weight excluding hydrogens is 492 g/mol. The number of ether oxygens (including phenoxy) is 1. The van der Waals surface area contributed by atoms with Crippen LogP contribution in [0.2, 0.25) is 0 Å². The van der Waals surface area contributed by atoms with Crippen LogP contribution >= 0.6 is 0 Å². The van der Waals surface area contributed by atoms with Gasteiger partial charge in [-0.25, -0.2) is 4.98 Å². The molecule has 0 spiro atoms. The molecule has 0 saturated heterocycles. The second-order valence-electron chi connectivity index (χ2n) is 9.04. The van der Waals surface area contributed by atoms with E-state index < -0.39 is 0 Å². The molecule has 0 bridgehead atoms. The van der Waals surface area contributed by atoms with Gasteiger partial charge in [-0.1, -0.05) is 35.9 Å². The van der Waals surface area contributed by atoms with Crippen molar-refractivity contribution in [2.75, 3.05) is 19.0 Å². The van der Waals surface area contributed by atoms with Crippen molar-refractivity contribution in [2.24, 2.45) is 0 Å². The number of hydrogen-bond donors (Lipinski definition) is 1. The molecule has 3 aromatic carbocycles. The molecule has 2 amide bonds. The summed E-state index contributed by atoms with van der Waals surface area (Å²) in [5.41, 5.74) is 4.00. The Bertz CT molecular complexity index is 1540. The highest BCUT2D eigenvalue weighted by Crippen LogP contribution is 2.26. The zero-order valence-corrected chi connectivity index (χ0v) is 21.7. The molecule has 39 heavy (non-hydrogen) atoms. The zero-order chi connectivity index (χ0) is 27.2. The lowest BCUT2D eigenvalue weighted by Crippen LogP contribution is -2.37. The van der Waals surface area contributed by atoms with Gasteiger partial charge in [-0.05, 0) is 67.6 Å². The number of methoxy groups -OCH3 is 1. The highest BCUT2D eigenvalue weighted by Gasteiger charge is 2.22. The van der Waals surface area contributed by atoms with Gasteiger partial charge in [0.25, 0.3) is 5.91 Å². The summed E-state index contributed by atoms with van der Waals surface area (Å²) in [6.07, 6.45) is 3.41. The molecule has 0 unspecified atom stereocenters. The molecule has 1 N–H and O–H groups in total. The van der Waals surface area contributed by atoms with Gasteiger partial charge in [-0.15, -0.1) is 0 Å². The molecule has 8 heteroatoms. The Morgan fingerprint density at radius 1 is 0.949 bits per heavy atom. The number of benzene rings is 3. The minimum atomic E-state index is -0.383. The van der Waals surface area contributed by atoms with E-state index in [-0.39, 0.29) is 24.9 Å². The number of carbonyl (C=O) groups is 2. The summed E-state index contributed by atoms with van der Waals surface area (Å²) < 4.78 is 12.6. The first-order valence-electron chi connectivity index (χ1n) is 12.5. The van der Waals surface area contributed by atoms with Gasteiger partial charge in [0, 0.05) is 23.0 Å². The van der Waals surface area contributed by atoms with Gasteiger partial charge in [0.15, 0.2) is 0 Å². The fourth-order valence-electron chi connectivity index (χ4n) is 4.16. The van der Waals surface area contributed by atoms with Crippen molar-refractivity contribution in [1.82, 2.24) is 14.5 Å². The Morgan fingerprint density at radius 2 is 1.69 bits per heavy atom. The average Bonchev–Trinajstić information content (AvgIpc) is 3.63. The molecule has 5 aromatic rings. The van der Waals surface area contributed by atoms with E-state index in [1.807, 2.05) is 72.3 Å². The van der Waals surface area contributed by atoms with E-state index in [0.29, 0.717) is 23.0 Å². The monoisotopic (exact) mass is 520 g/mol. The number of nitrogens with zero attached hydrogens (tertiary/aromatic N) is 3. The number of amides is 2. The normalized spacial score (nSPS) is 10.7. The quantitative estimate of drug-likeness (QED) is 0.268. The lowest BCUT2D eigenvalue weighted by atomic mass is 10.1. The van der Waals surface area contributed by atoms with Crippen LogP contribution in [0.15, 0.2) is 108 Å². The Labute approximate surface area is 226 Å². The third kappa shape index (κ3) is 6.07. The van der Waals surface area contributed by atoms with Crippen LogP contribution in [-0.4, -0.2) is 39.9 Å². The lowest BCUT2D eigenvalue weighted by Gasteiger charge is -2.21. The number of nitrogens with one attached hydrogen (secondary N) is 1. The van der Waals surface area contributed by atoms with Crippen molar-refractivity contribution in [3.63, 3.8) is 0 Å². The van der Waals surface area contributed by atoms with E-state index in [9.17, 15) is 9.59 Å². The summed E-state index contributed by atoms with van der Waals surface area (Å²) in [5, 5.41) is 2.92. The first-order chi connectivity index (χ1) is 19.0. The van der Waals surface area contributed by atoms with Crippen molar-refractivity contribution in [3.05, 3.63) is 120 Å². The number of furan rings is 1. The van der Waals surface area contributed by atoms with Gasteiger partial charge in [-0.2, -0.15) is 0 Å². The third-order valence-electron chi connectivity index (χ3n) is 6.22. The van der Waals surface area contributed by atoms with Crippen LogP contribution < -0.4 is 10.1 Å². The predicted octanol–water partition coefficient (Wildman–Crippen LogP) is 5.73. The summed E-state index contributed by atoms with van der Waals surface area (Å²) in [6.45, 7) is 1.98. The molecule has 0 atom stereocenters. The maximum absolute atomic E-state index is 13.3. The van der Waals surface area contributed by atoms with Crippen LogP contribution in [0.25, 0.3) is 16.9 Å². The lowest BCUT2D eigenvalue weighted by molar-refractivity contribution is -0.117. The van der Waals surface area contributed by atoms with Crippen LogP contribution in [0, 0.1) is 6.92 Å². The Balaban J connectivity index is 1.43. The first kappa shape index (κ1) is 25.5. The maximum atomic E-state index is 13.3. The fourth-order valence-corrected chi connectivity index (χ4v) is 4.16. The molecule has 0 aliphatic rings. The van der Waals surface area contributed by atoms with Crippen molar-refractivity contribution in [3.8, 4) is 22.7 Å². The first-order valence-corrected chi connectivity index (χ1v) is 12.5. The summed E-state index contributed by atoms with van der Waals surface area (Å²) in [7, 11) is 1.62. The van der Waals surface area contributed by atoms with E-state index in [0.717, 1.165) is 22.6 Å². The molecule has 0 aliphatic heterocycles. The standard InChI is InChI=1S/C31H28N4O4/c1-22-10-14-25(15-11-22)35-20-28(23-12-16-26(38-2)17-13-23)32-31(35)33-29(36)21-34(19-27-9-6-18-39-27)30(37)24-7-4-3-5-8-24/h3-18,20H,19,21H2,1-2H3,(H,32,33,36). The second-order valence-corrected chi connectivity index (χ2v) is 9.04.